The third-order valence-corrected chi connectivity index (χ3v) is 8.54. The molecular formula is C20H26N10O13P2. The quantitative estimate of drug-likeness (QED) is 0.0771. The third-order valence-electron chi connectivity index (χ3n) is 7.09. The topological polar surface area (TPSA) is 341 Å². The number of nitrogens with two attached hydrogens (primary N) is 2. The van der Waals surface area contributed by atoms with Crippen molar-refractivity contribution >= 4 is 50.2 Å². The lowest BCUT2D eigenvalue weighted by Gasteiger charge is -2.25. The third kappa shape index (κ3) is 5.85. The van der Waals surface area contributed by atoms with Gasteiger partial charge in [-0.05, 0) is 0 Å². The van der Waals surface area contributed by atoms with Crippen LogP contribution in [0.4, 0.5) is 11.8 Å². The molecule has 2 aliphatic rings. The Balaban J connectivity index is 1.22. The molecule has 4 aromatic heterocycles. The van der Waals surface area contributed by atoms with Crippen molar-refractivity contribution in [3.05, 3.63) is 29.3 Å². The maximum absolute atomic E-state index is 13.1. The molecule has 0 saturated carbocycles. The minimum atomic E-state index is -5.13. The van der Waals surface area contributed by atoms with Gasteiger partial charge in [0.05, 0.1) is 25.9 Å². The van der Waals surface area contributed by atoms with Gasteiger partial charge in [0, 0.05) is 0 Å². The number of aliphatic hydroxyl groups is 3. The Hall–Kier alpha value is -3.44. The van der Waals surface area contributed by atoms with E-state index in [0.29, 0.717) is 0 Å². The average molecular weight is 676 g/mol. The number of H-pyrrole nitrogens is 1. The zero-order chi connectivity index (χ0) is 32.2. The number of nitrogens with one attached hydrogen (secondary N) is 1. The Morgan fingerprint density at radius 3 is 2.36 bits per heavy atom. The lowest BCUT2D eigenvalue weighted by atomic mass is 10.1. The van der Waals surface area contributed by atoms with E-state index in [1.807, 2.05) is 0 Å². The van der Waals surface area contributed by atoms with E-state index in [4.69, 9.17) is 34.5 Å². The van der Waals surface area contributed by atoms with Gasteiger partial charge in [-0.3, -0.25) is 37.0 Å². The Morgan fingerprint density at radius 1 is 1.00 bits per heavy atom. The molecule has 10 N–H and O–H groups in total. The van der Waals surface area contributed by atoms with E-state index in [2.05, 4.69) is 29.9 Å². The number of phosphoric acid groups is 1. The van der Waals surface area contributed by atoms with Gasteiger partial charge in [0.2, 0.25) is 5.95 Å². The largest absolute Gasteiger partial charge is 0.472 e. The molecule has 45 heavy (non-hydrogen) atoms. The minimum Gasteiger partial charge on any atom is -0.394 e. The van der Waals surface area contributed by atoms with Crippen LogP contribution in [0.25, 0.3) is 22.3 Å². The standard InChI is InChI=1S/C20H26N10O13P2/c21-14-8-15(24-3-23-14)29(4-25-8)19-13(10(32)6(1-31)40-19)43-45(37,38)39-2-7-11(33)12(42-44(35)36)18(41-7)30-5-26-9-16(30)27-20(22)28-17(9)34/h3-7,10-13,18-19,31-33,44H,1-2H2,(H,35,36)(H,37,38)(H2,21,23,24)(H3,22,27,28,34). The molecule has 2 aliphatic heterocycles. The summed E-state index contributed by atoms with van der Waals surface area (Å²) in [5.41, 5.74) is 10.8. The predicted molar refractivity (Wildman–Crippen MR) is 146 cm³/mol. The molecule has 23 nitrogen and oxygen atoms in total. The zero-order valence-electron chi connectivity index (χ0n) is 22.5. The summed E-state index contributed by atoms with van der Waals surface area (Å²) in [5, 5.41) is 31.3. The normalized spacial score (nSPS) is 30.7. The second-order valence-electron chi connectivity index (χ2n) is 9.83. The maximum Gasteiger partial charge on any atom is 0.472 e. The molecule has 0 aromatic carbocycles. The highest BCUT2D eigenvalue weighted by molar-refractivity contribution is 7.47. The number of ether oxygens (including phenoxy) is 2. The summed E-state index contributed by atoms with van der Waals surface area (Å²) in [6.07, 6.45) is -8.64. The number of aromatic amines is 1. The van der Waals surface area contributed by atoms with Gasteiger partial charge in [0.15, 0.2) is 35.1 Å². The molecule has 6 rings (SSSR count). The molecule has 10 unspecified atom stereocenters. The number of nitrogens with zero attached hydrogens (tertiary/aromatic N) is 7. The second-order valence-corrected chi connectivity index (χ2v) is 12.0. The summed E-state index contributed by atoms with van der Waals surface area (Å²) >= 11 is 0. The van der Waals surface area contributed by atoms with Crippen LogP contribution < -0.4 is 17.0 Å². The summed E-state index contributed by atoms with van der Waals surface area (Å²) in [6, 6.07) is 0. The lowest BCUT2D eigenvalue weighted by molar-refractivity contribution is -0.0608. The SMILES string of the molecule is Nc1nc2c(ncn2C2OC(COP(=O)(O)OC3C(O)C(CO)OC3n3cnc4c(N)ncnc43)C(O)C2O[PH](=O)O)c(=O)[nH]1. The first-order valence-corrected chi connectivity index (χ1v) is 15.6. The molecule has 0 aliphatic carbocycles. The Labute approximate surface area is 249 Å². The van der Waals surface area contributed by atoms with E-state index in [1.54, 1.807) is 0 Å². The molecule has 2 saturated heterocycles. The number of rotatable bonds is 10. The van der Waals surface area contributed by atoms with Gasteiger partial charge >= 0.3 is 16.1 Å². The summed E-state index contributed by atoms with van der Waals surface area (Å²) in [4.78, 5) is 54.4. The number of nitrogen functional groups attached to an aromatic ring is 2. The van der Waals surface area contributed by atoms with Crippen LogP contribution in [-0.4, -0.2) is 114 Å². The van der Waals surface area contributed by atoms with Crippen LogP contribution in [0.1, 0.15) is 12.5 Å². The van der Waals surface area contributed by atoms with E-state index >= 15 is 0 Å². The number of hydrogen-bond donors (Lipinski definition) is 8. The van der Waals surface area contributed by atoms with Gasteiger partial charge in [-0.1, -0.05) is 0 Å². The van der Waals surface area contributed by atoms with Gasteiger partial charge in [0.1, 0.15) is 48.5 Å². The Kier molecular flexibility index (Phi) is 8.45. The van der Waals surface area contributed by atoms with E-state index in [1.165, 1.54) is 10.9 Å². The molecule has 25 heteroatoms. The number of aromatic nitrogens is 8. The highest BCUT2D eigenvalue weighted by atomic mass is 31.2. The number of fused-ring (bicyclic) bond motifs is 2. The van der Waals surface area contributed by atoms with Crippen LogP contribution in [0.2, 0.25) is 0 Å². The Bertz CT molecular complexity index is 1850. The van der Waals surface area contributed by atoms with Crippen molar-refractivity contribution < 1.29 is 57.3 Å². The van der Waals surface area contributed by atoms with Crippen molar-refractivity contribution in [3.8, 4) is 0 Å². The summed E-state index contributed by atoms with van der Waals surface area (Å²) < 4.78 is 53.8. The van der Waals surface area contributed by atoms with Crippen molar-refractivity contribution in [2.45, 2.75) is 49.1 Å². The first-order valence-electron chi connectivity index (χ1n) is 12.9. The number of imidazole rings is 2. The van der Waals surface area contributed by atoms with E-state index < -0.39 is 83.9 Å². The first kappa shape index (κ1) is 31.5. The zero-order valence-corrected chi connectivity index (χ0v) is 24.4. The van der Waals surface area contributed by atoms with Crippen molar-refractivity contribution in [2.24, 2.45) is 0 Å². The fourth-order valence-corrected chi connectivity index (χ4v) is 6.49. The number of hydrogen-bond acceptors (Lipinski definition) is 18. The first-order chi connectivity index (χ1) is 21.4. The second kappa shape index (κ2) is 12.1. The van der Waals surface area contributed by atoms with Crippen molar-refractivity contribution in [2.75, 3.05) is 24.7 Å². The maximum atomic E-state index is 13.1. The van der Waals surface area contributed by atoms with Crippen molar-refractivity contribution in [1.29, 1.82) is 0 Å². The lowest BCUT2D eigenvalue weighted by Crippen LogP contribution is -2.36. The number of anilines is 2. The smallest absolute Gasteiger partial charge is 0.394 e. The monoisotopic (exact) mass is 676 g/mol. The van der Waals surface area contributed by atoms with Gasteiger partial charge in [-0.25, -0.2) is 24.5 Å². The highest BCUT2D eigenvalue weighted by Gasteiger charge is 2.51. The van der Waals surface area contributed by atoms with Crippen molar-refractivity contribution in [1.82, 2.24) is 39.0 Å². The van der Waals surface area contributed by atoms with E-state index in [-0.39, 0.29) is 34.1 Å². The van der Waals surface area contributed by atoms with E-state index in [0.717, 1.165) is 17.2 Å². The molecule has 0 radical (unpaired) electrons. The molecular weight excluding hydrogens is 650 g/mol. The summed E-state index contributed by atoms with van der Waals surface area (Å²) in [7, 11) is -8.80. The van der Waals surface area contributed by atoms with Crippen LogP contribution in [0.5, 0.6) is 0 Å². The molecule has 10 atom stereocenters. The van der Waals surface area contributed by atoms with Crippen molar-refractivity contribution in [3.63, 3.8) is 0 Å². The fourth-order valence-electron chi connectivity index (χ4n) is 5.07. The van der Waals surface area contributed by atoms with Gasteiger partial charge < -0.3 is 46.0 Å². The molecule has 0 bridgehead atoms. The molecule has 6 heterocycles. The van der Waals surface area contributed by atoms with Crippen LogP contribution in [0, 0.1) is 0 Å². The fraction of sp³-hybridized carbons (Fsp3) is 0.500. The number of aliphatic hydroxyl groups excluding tert-OH is 3. The Morgan fingerprint density at radius 2 is 1.64 bits per heavy atom. The van der Waals surface area contributed by atoms with Gasteiger partial charge in [-0.2, -0.15) is 4.98 Å². The molecule has 244 valence electrons. The molecule has 2 fully saturated rings. The molecule has 4 aromatic rings. The summed E-state index contributed by atoms with van der Waals surface area (Å²) in [6.45, 7) is -1.54. The van der Waals surface area contributed by atoms with E-state index in [9.17, 15) is 39.0 Å². The number of phosphoric ester groups is 1. The molecule has 0 spiro atoms. The average Bonchev–Trinajstić information content (AvgIpc) is 3.73. The minimum absolute atomic E-state index is 0.0292. The van der Waals surface area contributed by atoms with Gasteiger partial charge in [-0.15, -0.1) is 0 Å². The molecule has 0 amide bonds. The van der Waals surface area contributed by atoms with Gasteiger partial charge in [0.25, 0.3) is 5.56 Å². The predicted octanol–water partition coefficient (Wildman–Crippen LogP) is -3.10. The highest BCUT2D eigenvalue weighted by Crippen LogP contribution is 2.50. The summed E-state index contributed by atoms with van der Waals surface area (Å²) in [5.74, 6) is -0.250. The van der Waals surface area contributed by atoms with Crippen LogP contribution in [0.15, 0.2) is 23.8 Å². The van der Waals surface area contributed by atoms with Crippen LogP contribution in [-0.2, 0) is 32.2 Å². The van der Waals surface area contributed by atoms with Crippen LogP contribution in [0.3, 0.4) is 0 Å². The van der Waals surface area contributed by atoms with Crippen LogP contribution >= 0.6 is 16.1 Å².